The van der Waals surface area contributed by atoms with E-state index in [0.29, 0.717) is 0 Å². The average Bonchev–Trinajstić information content (AvgIpc) is 2.27. The lowest BCUT2D eigenvalue weighted by molar-refractivity contribution is 0.0200. The van der Waals surface area contributed by atoms with E-state index >= 15 is 0 Å². The topological polar surface area (TPSA) is 103 Å². The highest BCUT2D eigenvalue weighted by molar-refractivity contribution is 6.33. The van der Waals surface area contributed by atoms with E-state index in [1.54, 1.807) is 7.05 Å². The molecule has 0 spiro atoms. The Kier molecular flexibility index (Phi) is 4.83. The third-order valence-electron chi connectivity index (χ3n) is 2.18. The van der Waals surface area contributed by atoms with Crippen LogP contribution in [0.15, 0.2) is 12.3 Å². The molecule has 94 valence electrons. The summed E-state index contributed by atoms with van der Waals surface area (Å²) in [7, 11) is 1.63. The Morgan fingerprint density at radius 2 is 2.24 bits per heavy atom. The van der Waals surface area contributed by atoms with Gasteiger partial charge in [0.25, 0.3) is 0 Å². The summed E-state index contributed by atoms with van der Waals surface area (Å²) >= 11 is 5.70. The van der Waals surface area contributed by atoms with Crippen LogP contribution in [-0.2, 0) is 0 Å². The second-order valence-electron chi connectivity index (χ2n) is 3.47. The number of nitrogens with one attached hydrogen (secondary N) is 1. The SMILES string of the molecule is CNCC(O)C(O)c1cnc(C(=O)O)c(Cl)c1. The lowest BCUT2D eigenvalue weighted by Crippen LogP contribution is -2.29. The summed E-state index contributed by atoms with van der Waals surface area (Å²) in [5.74, 6) is -1.24. The first-order valence-corrected chi connectivity index (χ1v) is 5.24. The molecule has 1 aromatic heterocycles. The van der Waals surface area contributed by atoms with Gasteiger partial charge in [-0.3, -0.25) is 0 Å². The highest BCUT2D eigenvalue weighted by Crippen LogP contribution is 2.21. The van der Waals surface area contributed by atoms with Crippen LogP contribution in [0.1, 0.15) is 22.2 Å². The van der Waals surface area contributed by atoms with Crippen LogP contribution in [0.4, 0.5) is 0 Å². The summed E-state index contributed by atoms with van der Waals surface area (Å²) in [4.78, 5) is 14.3. The largest absolute Gasteiger partial charge is 0.476 e. The maximum atomic E-state index is 10.7. The minimum absolute atomic E-state index is 0.0780. The Labute approximate surface area is 103 Å². The molecule has 0 aliphatic heterocycles. The number of pyridine rings is 1. The standard InChI is InChI=1S/C10H13ClN2O4/c1-12-4-7(14)9(15)5-2-6(11)8(10(16)17)13-3-5/h2-3,7,9,12,14-15H,4H2,1H3,(H,16,17). The predicted molar refractivity (Wildman–Crippen MR) is 61.1 cm³/mol. The number of hydrogen-bond acceptors (Lipinski definition) is 5. The number of carboxylic acid groups (broad SMARTS) is 1. The number of aromatic carboxylic acids is 1. The van der Waals surface area contributed by atoms with Gasteiger partial charge in [-0.25, -0.2) is 9.78 Å². The third kappa shape index (κ3) is 3.37. The lowest BCUT2D eigenvalue weighted by Gasteiger charge is -2.17. The van der Waals surface area contributed by atoms with Crippen molar-refractivity contribution >= 4 is 17.6 Å². The van der Waals surface area contributed by atoms with Crippen LogP contribution in [0.2, 0.25) is 5.02 Å². The number of aliphatic hydroxyl groups is 2. The number of rotatable bonds is 5. The molecule has 0 fully saturated rings. The van der Waals surface area contributed by atoms with Crippen LogP contribution in [0.3, 0.4) is 0 Å². The zero-order chi connectivity index (χ0) is 13.0. The molecule has 2 unspecified atom stereocenters. The van der Waals surface area contributed by atoms with E-state index in [1.165, 1.54) is 12.3 Å². The van der Waals surface area contributed by atoms with Crippen LogP contribution in [-0.4, -0.2) is 46.0 Å². The summed E-state index contributed by atoms with van der Waals surface area (Å²) in [6, 6.07) is 1.28. The number of aromatic nitrogens is 1. The molecule has 7 heteroatoms. The quantitative estimate of drug-likeness (QED) is 0.596. The molecule has 0 aromatic carbocycles. The Hall–Kier alpha value is -1.21. The van der Waals surface area contributed by atoms with Crippen LogP contribution >= 0.6 is 11.6 Å². The molecule has 0 radical (unpaired) electrons. The summed E-state index contributed by atoms with van der Waals surface area (Å²) in [5.41, 5.74) is -0.0199. The average molecular weight is 261 g/mol. The van der Waals surface area contributed by atoms with Gasteiger partial charge in [0.1, 0.15) is 6.10 Å². The van der Waals surface area contributed by atoms with Crippen molar-refractivity contribution in [3.05, 3.63) is 28.5 Å². The molecule has 17 heavy (non-hydrogen) atoms. The fourth-order valence-electron chi connectivity index (χ4n) is 1.31. The lowest BCUT2D eigenvalue weighted by atomic mass is 10.1. The first kappa shape index (κ1) is 13.9. The highest BCUT2D eigenvalue weighted by Gasteiger charge is 2.20. The van der Waals surface area contributed by atoms with Gasteiger partial charge in [-0.05, 0) is 13.1 Å². The molecule has 4 N–H and O–H groups in total. The van der Waals surface area contributed by atoms with Crippen molar-refractivity contribution in [1.82, 2.24) is 10.3 Å². The van der Waals surface area contributed by atoms with E-state index in [9.17, 15) is 15.0 Å². The normalized spacial score (nSPS) is 14.4. The summed E-state index contributed by atoms with van der Waals surface area (Å²) in [6.45, 7) is 0.194. The number of nitrogens with zero attached hydrogens (tertiary/aromatic N) is 1. The first-order valence-electron chi connectivity index (χ1n) is 4.86. The Bertz CT molecular complexity index is 413. The number of halogens is 1. The van der Waals surface area contributed by atoms with Crippen LogP contribution in [0, 0.1) is 0 Å². The second kappa shape index (κ2) is 5.92. The predicted octanol–water partition coefficient (Wildman–Crippen LogP) is 0.0469. The van der Waals surface area contributed by atoms with Gasteiger partial charge < -0.3 is 20.6 Å². The molecule has 0 amide bonds. The van der Waals surface area contributed by atoms with Crippen molar-refractivity contribution in [2.45, 2.75) is 12.2 Å². The van der Waals surface area contributed by atoms with Crippen LogP contribution in [0.25, 0.3) is 0 Å². The van der Waals surface area contributed by atoms with E-state index in [1.807, 2.05) is 0 Å². The van der Waals surface area contributed by atoms with Crippen molar-refractivity contribution in [2.75, 3.05) is 13.6 Å². The molecular weight excluding hydrogens is 248 g/mol. The van der Waals surface area contributed by atoms with Crippen molar-refractivity contribution in [1.29, 1.82) is 0 Å². The second-order valence-corrected chi connectivity index (χ2v) is 3.88. The molecular formula is C10H13ClN2O4. The third-order valence-corrected chi connectivity index (χ3v) is 2.47. The fraction of sp³-hybridized carbons (Fsp3) is 0.400. The number of carboxylic acids is 1. The van der Waals surface area contributed by atoms with E-state index in [4.69, 9.17) is 16.7 Å². The molecule has 0 saturated heterocycles. The van der Waals surface area contributed by atoms with E-state index in [-0.39, 0.29) is 22.8 Å². The number of aliphatic hydroxyl groups excluding tert-OH is 2. The molecule has 6 nitrogen and oxygen atoms in total. The Morgan fingerprint density at radius 3 is 2.71 bits per heavy atom. The molecule has 2 atom stereocenters. The van der Waals surface area contributed by atoms with Crippen LogP contribution in [0.5, 0.6) is 0 Å². The van der Waals surface area contributed by atoms with Gasteiger partial charge in [-0.15, -0.1) is 0 Å². The van der Waals surface area contributed by atoms with Gasteiger partial charge >= 0.3 is 5.97 Å². The Balaban J connectivity index is 2.93. The molecule has 0 aliphatic rings. The van der Waals surface area contributed by atoms with E-state index in [0.717, 1.165) is 0 Å². The summed E-state index contributed by atoms with van der Waals surface area (Å²) < 4.78 is 0. The van der Waals surface area contributed by atoms with Crippen molar-refractivity contribution in [3.63, 3.8) is 0 Å². The molecule has 1 heterocycles. The number of carbonyl (C=O) groups is 1. The maximum absolute atomic E-state index is 10.7. The van der Waals surface area contributed by atoms with E-state index in [2.05, 4.69) is 10.3 Å². The van der Waals surface area contributed by atoms with Crippen molar-refractivity contribution in [3.8, 4) is 0 Å². The smallest absolute Gasteiger partial charge is 0.356 e. The van der Waals surface area contributed by atoms with Gasteiger partial charge in [0.15, 0.2) is 5.69 Å². The zero-order valence-corrected chi connectivity index (χ0v) is 9.85. The molecule has 0 aliphatic carbocycles. The number of hydrogen-bond donors (Lipinski definition) is 4. The zero-order valence-electron chi connectivity index (χ0n) is 9.09. The first-order chi connectivity index (χ1) is 7.97. The van der Waals surface area contributed by atoms with Crippen molar-refractivity contribution in [2.24, 2.45) is 0 Å². The molecule has 1 aromatic rings. The highest BCUT2D eigenvalue weighted by atomic mass is 35.5. The minimum atomic E-state index is -1.24. The van der Waals surface area contributed by atoms with Crippen LogP contribution < -0.4 is 5.32 Å². The van der Waals surface area contributed by atoms with Gasteiger partial charge in [0.2, 0.25) is 0 Å². The Morgan fingerprint density at radius 1 is 1.59 bits per heavy atom. The summed E-state index contributed by atoms with van der Waals surface area (Å²) in [5, 5.41) is 30.6. The fourth-order valence-corrected chi connectivity index (χ4v) is 1.57. The van der Waals surface area contributed by atoms with E-state index < -0.39 is 18.2 Å². The maximum Gasteiger partial charge on any atom is 0.356 e. The van der Waals surface area contributed by atoms with Gasteiger partial charge in [-0.2, -0.15) is 0 Å². The molecule has 0 saturated carbocycles. The van der Waals surface area contributed by atoms with Crippen molar-refractivity contribution < 1.29 is 20.1 Å². The van der Waals surface area contributed by atoms with Gasteiger partial charge in [0.05, 0.1) is 11.1 Å². The number of likely N-dealkylation sites (N-methyl/N-ethyl adjacent to an activating group) is 1. The van der Waals surface area contributed by atoms with Gasteiger partial charge in [0, 0.05) is 18.3 Å². The molecule has 0 bridgehead atoms. The minimum Gasteiger partial charge on any atom is -0.476 e. The summed E-state index contributed by atoms with van der Waals surface area (Å²) in [6.07, 6.45) is -1.01. The molecule has 1 rings (SSSR count). The monoisotopic (exact) mass is 260 g/mol. The van der Waals surface area contributed by atoms with Gasteiger partial charge in [-0.1, -0.05) is 11.6 Å².